The van der Waals surface area contributed by atoms with E-state index in [1.807, 2.05) is 0 Å². The predicted octanol–water partition coefficient (Wildman–Crippen LogP) is 4.33. The van der Waals surface area contributed by atoms with Crippen LogP contribution in [0.2, 0.25) is 0 Å². The Hall–Kier alpha value is -1.60. The summed E-state index contributed by atoms with van der Waals surface area (Å²) in [6.45, 7) is 5.44. The van der Waals surface area contributed by atoms with E-state index in [9.17, 15) is 0 Å². The summed E-state index contributed by atoms with van der Waals surface area (Å²) in [5, 5.41) is 3.72. The molecule has 0 saturated carbocycles. The Morgan fingerprint density at radius 3 is 2.63 bits per heavy atom. The van der Waals surface area contributed by atoms with E-state index in [4.69, 9.17) is 0 Å². The number of fused-ring (bicyclic) bond motifs is 1. The molecule has 1 aliphatic heterocycles. The van der Waals surface area contributed by atoms with E-state index in [1.54, 1.807) is 0 Å². The van der Waals surface area contributed by atoms with Crippen LogP contribution in [0, 0.1) is 6.92 Å². The fourth-order valence-corrected chi connectivity index (χ4v) is 3.26. The number of rotatable bonds is 2. The first-order valence-electron chi connectivity index (χ1n) is 7.17. The third kappa shape index (κ3) is 2.31. The van der Waals surface area contributed by atoms with Crippen LogP contribution < -0.4 is 5.32 Å². The highest BCUT2D eigenvalue weighted by molar-refractivity contribution is 5.39. The van der Waals surface area contributed by atoms with Crippen molar-refractivity contribution in [3.8, 4) is 0 Å². The molecular weight excluding hydrogens is 230 g/mol. The van der Waals surface area contributed by atoms with Crippen LogP contribution in [0.4, 0.5) is 0 Å². The molecule has 1 aliphatic rings. The summed E-state index contributed by atoms with van der Waals surface area (Å²) in [4.78, 5) is 0. The largest absolute Gasteiger partial charge is 0.305 e. The minimum Gasteiger partial charge on any atom is -0.305 e. The molecular formula is C18H21N. The van der Waals surface area contributed by atoms with Crippen LogP contribution in [0.1, 0.15) is 47.6 Å². The van der Waals surface area contributed by atoms with Crippen LogP contribution in [0.5, 0.6) is 0 Å². The maximum atomic E-state index is 3.72. The average Bonchev–Trinajstić information content (AvgIpc) is 2.46. The van der Waals surface area contributed by atoms with Crippen LogP contribution in [0.3, 0.4) is 0 Å². The minimum atomic E-state index is 0.446. The van der Waals surface area contributed by atoms with Crippen molar-refractivity contribution in [3.05, 3.63) is 70.8 Å². The lowest BCUT2D eigenvalue weighted by molar-refractivity contribution is 0.404. The summed E-state index contributed by atoms with van der Waals surface area (Å²) in [7, 11) is 0. The fourth-order valence-electron chi connectivity index (χ4n) is 3.26. The number of benzene rings is 2. The molecule has 1 N–H and O–H groups in total. The topological polar surface area (TPSA) is 12.0 Å². The highest BCUT2D eigenvalue weighted by Crippen LogP contribution is 2.39. The Kier molecular flexibility index (Phi) is 3.39. The molecule has 0 spiro atoms. The van der Waals surface area contributed by atoms with Crippen molar-refractivity contribution in [3.63, 3.8) is 0 Å². The zero-order valence-electron chi connectivity index (χ0n) is 11.7. The van der Waals surface area contributed by atoms with Gasteiger partial charge in [-0.3, -0.25) is 0 Å². The van der Waals surface area contributed by atoms with Crippen molar-refractivity contribution in [1.82, 2.24) is 5.32 Å². The van der Waals surface area contributed by atoms with Crippen LogP contribution in [-0.4, -0.2) is 0 Å². The molecule has 1 heterocycles. The van der Waals surface area contributed by atoms with Crippen LogP contribution in [-0.2, 0) is 6.54 Å². The third-order valence-electron chi connectivity index (χ3n) is 4.21. The van der Waals surface area contributed by atoms with Crippen molar-refractivity contribution in [2.24, 2.45) is 0 Å². The number of aryl methyl sites for hydroxylation is 1. The van der Waals surface area contributed by atoms with Crippen molar-refractivity contribution in [1.29, 1.82) is 0 Å². The van der Waals surface area contributed by atoms with E-state index in [-0.39, 0.29) is 0 Å². The molecule has 19 heavy (non-hydrogen) atoms. The molecule has 98 valence electrons. The van der Waals surface area contributed by atoms with Gasteiger partial charge in [-0.25, -0.2) is 0 Å². The summed E-state index contributed by atoms with van der Waals surface area (Å²) in [6, 6.07) is 18.2. The van der Waals surface area contributed by atoms with Gasteiger partial charge in [-0.2, -0.15) is 0 Å². The van der Waals surface area contributed by atoms with Gasteiger partial charge in [0, 0.05) is 18.5 Å². The molecule has 0 aromatic heterocycles. The van der Waals surface area contributed by atoms with Crippen molar-refractivity contribution < 1.29 is 0 Å². The Labute approximate surface area is 115 Å². The molecule has 1 heteroatoms. The summed E-state index contributed by atoms with van der Waals surface area (Å²) >= 11 is 0. The summed E-state index contributed by atoms with van der Waals surface area (Å²) in [6.07, 6.45) is 1.17. The molecule has 0 amide bonds. The molecule has 0 bridgehead atoms. The Balaban J connectivity index is 2.00. The Morgan fingerprint density at radius 1 is 1.11 bits per heavy atom. The SMILES string of the molecule is CCC1c2ccc(C)cc2CNC1c1ccccc1. The standard InChI is InChI=1S/C18H21N/c1-3-16-17-10-9-13(2)11-15(17)12-19-18(16)14-7-5-4-6-8-14/h4-11,16,18-19H,3,12H2,1-2H3. The molecule has 0 fully saturated rings. The molecule has 2 atom stereocenters. The van der Waals surface area contributed by atoms with E-state index in [2.05, 4.69) is 67.7 Å². The van der Waals surface area contributed by atoms with E-state index in [0.29, 0.717) is 12.0 Å². The number of nitrogens with one attached hydrogen (secondary N) is 1. The molecule has 0 radical (unpaired) electrons. The Bertz CT molecular complexity index is 559. The maximum Gasteiger partial charge on any atom is 0.0392 e. The quantitative estimate of drug-likeness (QED) is 0.837. The van der Waals surface area contributed by atoms with Crippen LogP contribution in [0.15, 0.2) is 48.5 Å². The van der Waals surface area contributed by atoms with Crippen LogP contribution >= 0.6 is 0 Å². The fraction of sp³-hybridized carbons (Fsp3) is 0.333. The first-order chi connectivity index (χ1) is 9.29. The zero-order chi connectivity index (χ0) is 13.2. The first kappa shape index (κ1) is 12.4. The predicted molar refractivity (Wildman–Crippen MR) is 80.2 cm³/mol. The molecule has 2 aromatic rings. The van der Waals surface area contributed by atoms with Crippen molar-refractivity contribution in [2.45, 2.75) is 38.8 Å². The van der Waals surface area contributed by atoms with Gasteiger partial charge in [0.2, 0.25) is 0 Å². The second-order valence-electron chi connectivity index (χ2n) is 5.49. The van der Waals surface area contributed by atoms with Gasteiger partial charge in [-0.1, -0.05) is 61.0 Å². The van der Waals surface area contributed by atoms with Crippen molar-refractivity contribution >= 4 is 0 Å². The molecule has 0 saturated heterocycles. The van der Waals surface area contributed by atoms with Crippen molar-refractivity contribution in [2.75, 3.05) is 0 Å². The van der Waals surface area contributed by atoms with E-state index in [1.165, 1.54) is 28.7 Å². The first-order valence-corrected chi connectivity index (χ1v) is 7.17. The Morgan fingerprint density at radius 2 is 1.89 bits per heavy atom. The normalized spacial score (nSPS) is 22.0. The lowest BCUT2D eigenvalue weighted by Crippen LogP contribution is -2.32. The van der Waals surface area contributed by atoms with E-state index >= 15 is 0 Å². The summed E-state index contributed by atoms with van der Waals surface area (Å²) < 4.78 is 0. The van der Waals surface area contributed by atoms with Gasteiger partial charge < -0.3 is 5.32 Å². The zero-order valence-corrected chi connectivity index (χ0v) is 11.7. The molecule has 3 rings (SSSR count). The number of hydrogen-bond acceptors (Lipinski definition) is 1. The molecule has 2 aromatic carbocycles. The monoisotopic (exact) mass is 251 g/mol. The lowest BCUT2D eigenvalue weighted by Gasteiger charge is -2.34. The smallest absolute Gasteiger partial charge is 0.0392 e. The highest BCUT2D eigenvalue weighted by atomic mass is 14.9. The van der Waals surface area contributed by atoms with Gasteiger partial charge in [0.25, 0.3) is 0 Å². The van der Waals surface area contributed by atoms with Gasteiger partial charge in [-0.15, -0.1) is 0 Å². The van der Waals surface area contributed by atoms with E-state index in [0.717, 1.165) is 6.54 Å². The second kappa shape index (κ2) is 5.18. The average molecular weight is 251 g/mol. The van der Waals surface area contributed by atoms with Gasteiger partial charge in [-0.05, 0) is 30.0 Å². The van der Waals surface area contributed by atoms with Gasteiger partial charge in [0.1, 0.15) is 0 Å². The van der Waals surface area contributed by atoms with Gasteiger partial charge >= 0.3 is 0 Å². The third-order valence-corrected chi connectivity index (χ3v) is 4.21. The van der Waals surface area contributed by atoms with E-state index < -0.39 is 0 Å². The highest BCUT2D eigenvalue weighted by Gasteiger charge is 2.28. The van der Waals surface area contributed by atoms with Gasteiger partial charge in [0.05, 0.1) is 0 Å². The minimum absolute atomic E-state index is 0.446. The summed E-state index contributed by atoms with van der Waals surface area (Å²) in [5.41, 5.74) is 5.76. The lowest BCUT2D eigenvalue weighted by atomic mass is 9.79. The van der Waals surface area contributed by atoms with Gasteiger partial charge in [0.15, 0.2) is 0 Å². The maximum absolute atomic E-state index is 3.72. The summed E-state index contributed by atoms with van der Waals surface area (Å²) in [5.74, 6) is 0.576. The van der Waals surface area contributed by atoms with Crippen LogP contribution in [0.25, 0.3) is 0 Å². The molecule has 0 aliphatic carbocycles. The second-order valence-corrected chi connectivity index (χ2v) is 5.49. The molecule has 1 nitrogen and oxygen atoms in total. The number of hydrogen-bond donors (Lipinski definition) is 1. The molecule has 2 unspecified atom stereocenters.